The third-order valence-corrected chi connectivity index (χ3v) is 7.21. The number of likely N-dealkylation sites (N-methyl/N-ethyl adjacent to an activating group) is 1. The van der Waals surface area contributed by atoms with Gasteiger partial charge >= 0.3 is 0 Å². The third-order valence-electron chi connectivity index (χ3n) is 5.33. The van der Waals surface area contributed by atoms with Crippen LogP contribution in [0, 0.1) is 5.92 Å². The van der Waals surface area contributed by atoms with E-state index < -0.39 is 27.6 Å². The van der Waals surface area contributed by atoms with E-state index in [9.17, 15) is 22.8 Å². The van der Waals surface area contributed by atoms with Crippen molar-refractivity contribution in [2.24, 2.45) is 5.92 Å². The lowest BCUT2D eigenvalue weighted by molar-refractivity contribution is 0.0784. The predicted octanol–water partition coefficient (Wildman–Crippen LogP) is 1.89. The fraction of sp³-hybridized carbons (Fsp3) is 0.286. The summed E-state index contributed by atoms with van der Waals surface area (Å²) >= 11 is 0. The van der Waals surface area contributed by atoms with Crippen LogP contribution in [-0.2, 0) is 10.0 Å². The number of hydrogen-bond donors (Lipinski definition) is 1. The fourth-order valence-electron chi connectivity index (χ4n) is 3.42. The highest BCUT2D eigenvalue weighted by molar-refractivity contribution is 7.89. The van der Waals surface area contributed by atoms with E-state index in [1.54, 1.807) is 18.2 Å². The summed E-state index contributed by atoms with van der Waals surface area (Å²) in [5, 5.41) is 2.83. The summed E-state index contributed by atoms with van der Waals surface area (Å²) in [6.07, 6.45) is 2.20. The smallest absolute Gasteiger partial charge is 0.251 e. The quantitative estimate of drug-likeness (QED) is 0.597. The van der Waals surface area contributed by atoms with Gasteiger partial charge in [0.1, 0.15) is 0 Å². The van der Waals surface area contributed by atoms with E-state index in [0.29, 0.717) is 18.0 Å². The molecule has 8 heteroatoms. The van der Waals surface area contributed by atoms with E-state index in [4.69, 9.17) is 0 Å². The maximum absolute atomic E-state index is 13.1. The molecular formula is C21H20N2O5S. The topological polar surface area (TPSA) is 101 Å². The molecule has 0 bridgehead atoms. The van der Waals surface area contributed by atoms with Gasteiger partial charge in [-0.3, -0.25) is 14.4 Å². The highest BCUT2D eigenvalue weighted by atomic mass is 32.2. The average Bonchev–Trinajstić information content (AvgIpc) is 3.55. The molecule has 0 aromatic heterocycles. The van der Waals surface area contributed by atoms with Gasteiger partial charge in [-0.2, -0.15) is 4.31 Å². The van der Waals surface area contributed by atoms with E-state index in [1.807, 2.05) is 0 Å². The summed E-state index contributed by atoms with van der Waals surface area (Å²) in [4.78, 5) is 38.3. The van der Waals surface area contributed by atoms with Crippen molar-refractivity contribution in [2.75, 3.05) is 13.6 Å². The molecule has 2 aromatic carbocycles. The first kappa shape index (κ1) is 19.5. The van der Waals surface area contributed by atoms with Gasteiger partial charge in [0.15, 0.2) is 17.6 Å². The molecule has 1 fully saturated rings. The van der Waals surface area contributed by atoms with Gasteiger partial charge in [0.25, 0.3) is 5.91 Å². The number of nitrogens with zero attached hydrogens (tertiary/aromatic N) is 1. The lowest BCUT2D eigenvalue weighted by Gasteiger charge is -2.31. The van der Waals surface area contributed by atoms with E-state index in [2.05, 4.69) is 5.32 Å². The van der Waals surface area contributed by atoms with Crippen molar-refractivity contribution in [3.63, 3.8) is 0 Å². The molecule has 1 heterocycles. The summed E-state index contributed by atoms with van der Waals surface area (Å²) in [5.41, 5.74) is 0.414. The van der Waals surface area contributed by atoms with Crippen molar-refractivity contribution in [1.29, 1.82) is 0 Å². The monoisotopic (exact) mass is 412 g/mol. The largest absolute Gasteiger partial charge is 0.352 e. The Balaban J connectivity index is 1.65. The van der Waals surface area contributed by atoms with Gasteiger partial charge in [-0.1, -0.05) is 24.3 Å². The van der Waals surface area contributed by atoms with Crippen LogP contribution in [0.4, 0.5) is 0 Å². The van der Waals surface area contributed by atoms with Crippen LogP contribution >= 0.6 is 0 Å². The Morgan fingerprint density at radius 2 is 1.76 bits per heavy atom. The predicted molar refractivity (Wildman–Crippen MR) is 105 cm³/mol. The molecule has 4 rings (SSSR count). The summed E-state index contributed by atoms with van der Waals surface area (Å²) in [7, 11) is -2.76. The first-order valence-corrected chi connectivity index (χ1v) is 10.8. The number of Topliss-reactive ketones (excluding diaryl/α,β-unsaturated/α-hetero) is 2. The number of carbonyl (C=O) groups excluding carboxylic acids is 3. The Morgan fingerprint density at radius 1 is 1.07 bits per heavy atom. The van der Waals surface area contributed by atoms with Crippen molar-refractivity contribution in [3.05, 3.63) is 65.2 Å². The van der Waals surface area contributed by atoms with Crippen LogP contribution in [-0.4, -0.2) is 49.8 Å². The lowest BCUT2D eigenvalue weighted by atomic mass is 9.95. The zero-order chi connectivity index (χ0) is 20.8. The lowest BCUT2D eigenvalue weighted by Crippen LogP contribution is -2.51. The molecule has 1 aliphatic heterocycles. The Hall–Kier alpha value is -2.84. The van der Waals surface area contributed by atoms with Crippen LogP contribution in [0.3, 0.4) is 0 Å². The van der Waals surface area contributed by atoms with Gasteiger partial charge < -0.3 is 5.32 Å². The van der Waals surface area contributed by atoms with Gasteiger partial charge in [0.2, 0.25) is 10.0 Å². The molecule has 0 radical (unpaired) electrons. The van der Waals surface area contributed by atoms with Gasteiger partial charge in [0, 0.05) is 30.3 Å². The number of amides is 1. The molecule has 1 saturated carbocycles. The van der Waals surface area contributed by atoms with Crippen molar-refractivity contribution in [2.45, 2.75) is 23.8 Å². The first-order chi connectivity index (χ1) is 13.8. The summed E-state index contributed by atoms with van der Waals surface area (Å²) < 4.78 is 26.4. The van der Waals surface area contributed by atoms with Crippen molar-refractivity contribution < 1.29 is 22.8 Å². The number of fused-ring (bicyclic) bond motifs is 1. The minimum Gasteiger partial charge on any atom is -0.352 e. The number of hydrogen-bond acceptors (Lipinski definition) is 5. The van der Waals surface area contributed by atoms with E-state index in [0.717, 1.165) is 17.1 Å². The Labute approximate surface area is 168 Å². The molecule has 1 unspecified atom stereocenters. The second-order valence-corrected chi connectivity index (χ2v) is 9.35. The number of carbonyl (C=O) groups is 3. The molecule has 0 saturated heterocycles. The highest BCUT2D eigenvalue weighted by Crippen LogP contribution is 2.30. The van der Waals surface area contributed by atoms with Gasteiger partial charge in [-0.25, -0.2) is 8.42 Å². The summed E-state index contributed by atoms with van der Waals surface area (Å²) in [6, 6.07) is 10.4. The van der Waals surface area contributed by atoms with Crippen LogP contribution in [0.5, 0.6) is 0 Å². The molecule has 29 heavy (non-hydrogen) atoms. The van der Waals surface area contributed by atoms with E-state index >= 15 is 0 Å². The molecule has 150 valence electrons. The molecule has 1 N–H and O–H groups in total. The van der Waals surface area contributed by atoms with Gasteiger partial charge in [-0.15, -0.1) is 0 Å². The number of sulfonamides is 1. The minimum atomic E-state index is -3.98. The molecule has 2 aliphatic rings. The summed E-state index contributed by atoms with van der Waals surface area (Å²) in [6.45, 7) is 0.593. The summed E-state index contributed by atoms with van der Waals surface area (Å²) in [5.74, 6) is -1.02. The molecule has 1 amide bonds. The van der Waals surface area contributed by atoms with Gasteiger partial charge in [-0.05, 0) is 43.0 Å². The highest BCUT2D eigenvalue weighted by Gasteiger charge is 2.45. The van der Waals surface area contributed by atoms with Crippen LogP contribution in [0.15, 0.2) is 53.4 Å². The second-order valence-electron chi connectivity index (χ2n) is 7.38. The van der Waals surface area contributed by atoms with Crippen LogP contribution in [0.2, 0.25) is 0 Å². The molecule has 1 aliphatic carbocycles. The van der Waals surface area contributed by atoms with Crippen molar-refractivity contribution in [3.8, 4) is 0 Å². The third kappa shape index (κ3) is 3.49. The number of nitrogens with one attached hydrogen (secondary N) is 1. The van der Waals surface area contributed by atoms with Crippen molar-refractivity contribution >= 4 is 27.5 Å². The maximum atomic E-state index is 13.1. The zero-order valence-corrected chi connectivity index (χ0v) is 16.6. The van der Waals surface area contributed by atoms with E-state index in [-0.39, 0.29) is 21.9 Å². The zero-order valence-electron chi connectivity index (χ0n) is 15.8. The number of benzene rings is 2. The van der Waals surface area contributed by atoms with Crippen molar-refractivity contribution in [1.82, 2.24) is 9.62 Å². The standard InChI is InChI=1S/C21H20N2O5S/c1-23-18(20(25)16-7-2-3-8-17(16)29(23,27)28)19(24)14-5-4-6-15(11-14)21(26)22-12-13-9-10-13/h2-8,11,13,18H,9-10,12H2,1H3,(H,22,26). The van der Waals surface area contributed by atoms with Crippen LogP contribution in [0.25, 0.3) is 0 Å². The Bertz CT molecular complexity index is 1120. The van der Waals surface area contributed by atoms with Crippen LogP contribution in [0.1, 0.15) is 43.9 Å². The molecule has 7 nitrogen and oxygen atoms in total. The van der Waals surface area contributed by atoms with Crippen LogP contribution < -0.4 is 5.32 Å². The first-order valence-electron chi connectivity index (χ1n) is 9.34. The molecule has 2 aromatic rings. The SMILES string of the molecule is CN1C(C(=O)c2cccc(C(=O)NCC3CC3)c2)C(=O)c2ccccc2S1(=O)=O. The Kier molecular flexibility index (Phi) is 4.84. The minimum absolute atomic E-state index is 0.00211. The maximum Gasteiger partial charge on any atom is 0.251 e. The molecular weight excluding hydrogens is 392 g/mol. The van der Waals surface area contributed by atoms with E-state index in [1.165, 1.54) is 37.4 Å². The normalized spacial score (nSPS) is 20.7. The molecule has 1 atom stereocenters. The Morgan fingerprint density at radius 3 is 2.48 bits per heavy atom. The number of rotatable bonds is 5. The van der Waals surface area contributed by atoms with Gasteiger partial charge in [0.05, 0.1) is 4.90 Å². The average molecular weight is 412 g/mol. The fourth-order valence-corrected chi connectivity index (χ4v) is 4.89. The molecule has 0 spiro atoms. The second kappa shape index (κ2) is 7.20. The number of ketones is 2.